The first kappa shape index (κ1) is 15.9. The summed E-state index contributed by atoms with van der Waals surface area (Å²) in [6.07, 6.45) is 6.62. The van der Waals surface area contributed by atoms with Gasteiger partial charge in [0.15, 0.2) is 5.16 Å². The molecule has 4 rings (SSSR count). The molecule has 1 saturated carbocycles. The molecule has 1 saturated heterocycles. The molecule has 0 spiro atoms. The summed E-state index contributed by atoms with van der Waals surface area (Å²) in [4.78, 5) is 0. The van der Waals surface area contributed by atoms with Crippen LogP contribution in [0.5, 0.6) is 0 Å². The van der Waals surface area contributed by atoms with E-state index < -0.39 is 0 Å². The third-order valence-electron chi connectivity index (χ3n) is 4.67. The standard InChI is InChI=1S/C17H23N5OS/c1-2-9-22-16(13-5-7-18-8-6-13)19-20-17(22)24-11-14-10-15(23-21-14)12-3-4-12/h2,10,12-13,18H,1,3-9,11H2. The molecule has 6 nitrogen and oxygen atoms in total. The average molecular weight is 345 g/mol. The number of rotatable bonds is 7. The molecule has 7 heteroatoms. The van der Waals surface area contributed by atoms with Gasteiger partial charge in [-0.3, -0.25) is 0 Å². The molecular weight excluding hydrogens is 322 g/mol. The summed E-state index contributed by atoms with van der Waals surface area (Å²) in [5.74, 6) is 3.98. The summed E-state index contributed by atoms with van der Waals surface area (Å²) in [7, 11) is 0. The Morgan fingerprint density at radius 1 is 1.25 bits per heavy atom. The van der Waals surface area contributed by atoms with Gasteiger partial charge in [-0.1, -0.05) is 23.0 Å². The van der Waals surface area contributed by atoms with Gasteiger partial charge in [-0.05, 0) is 38.8 Å². The monoisotopic (exact) mass is 345 g/mol. The zero-order valence-corrected chi connectivity index (χ0v) is 14.6. The molecule has 2 aliphatic rings. The van der Waals surface area contributed by atoms with Gasteiger partial charge in [-0.15, -0.1) is 16.8 Å². The molecule has 2 fully saturated rings. The Hall–Kier alpha value is -1.60. The van der Waals surface area contributed by atoms with Crippen molar-refractivity contribution in [2.75, 3.05) is 13.1 Å². The highest BCUT2D eigenvalue weighted by molar-refractivity contribution is 7.98. The molecule has 0 unspecified atom stereocenters. The molecule has 128 valence electrons. The number of hydrogen-bond donors (Lipinski definition) is 1. The zero-order chi connectivity index (χ0) is 16.4. The molecule has 3 heterocycles. The van der Waals surface area contributed by atoms with E-state index in [1.807, 2.05) is 6.08 Å². The topological polar surface area (TPSA) is 68.8 Å². The molecule has 1 N–H and O–H groups in total. The van der Waals surface area contributed by atoms with Gasteiger partial charge < -0.3 is 14.4 Å². The van der Waals surface area contributed by atoms with E-state index in [2.05, 4.69) is 37.9 Å². The molecule has 1 aliphatic carbocycles. The van der Waals surface area contributed by atoms with E-state index in [1.54, 1.807) is 11.8 Å². The third kappa shape index (κ3) is 3.42. The van der Waals surface area contributed by atoms with Crippen LogP contribution in [-0.4, -0.2) is 33.0 Å². The van der Waals surface area contributed by atoms with Gasteiger partial charge >= 0.3 is 0 Å². The predicted molar refractivity (Wildman–Crippen MR) is 93.1 cm³/mol. The maximum absolute atomic E-state index is 5.43. The van der Waals surface area contributed by atoms with Gasteiger partial charge in [-0.25, -0.2) is 0 Å². The molecular formula is C17H23N5OS. The van der Waals surface area contributed by atoms with Crippen LogP contribution in [0, 0.1) is 0 Å². The first-order valence-electron chi connectivity index (χ1n) is 8.68. The summed E-state index contributed by atoms with van der Waals surface area (Å²) >= 11 is 1.67. The van der Waals surface area contributed by atoms with Gasteiger partial charge in [0.05, 0.1) is 5.69 Å². The lowest BCUT2D eigenvalue weighted by atomic mass is 9.97. The van der Waals surface area contributed by atoms with Crippen LogP contribution >= 0.6 is 11.8 Å². The Balaban J connectivity index is 1.46. The molecule has 0 amide bonds. The minimum absolute atomic E-state index is 0.488. The number of nitrogens with zero attached hydrogens (tertiary/aromatic N) is 4. The minimum Gasteiger partial charge on any atom is -0.361 e. The second-order valence-corrected chi connectivity index (χ2v) is 7.49. The van der Waals surface area contributed by atoms with Crippen molar-refractivity contribution in [1.29, 1.82) is 0 Å². The number of allylic oxidation sites excluding steroid dienone is 1. The first-order chi connectivity index (χ1) is 11.8. The quantitative estimate of drug-likeness (QED) is 0.614. The minimum atomic E-state index is 0.488. The van der Waals surface area contributed by atoms with E-state index in [-0.39, 0.29) is 0 Å². The van der Waals surface area contributed by atoms with Crippen molar-refractivity contribution < 1.29 is 4.52 Å². The number of piperidine rings is 1. The fraction of sp³-hybridized carbons (Fsp3) is 0.588. The van der Waals surface area contributed by atoms with Crippen molar-refractivity contribution in [2.45, 2.75) is 55.0 Å². The Kier molecular flexibility index (Phi) is 4.71. The van der Waals surface area contributed by atoms with E-state index in [9.17, 15) is 0 Å². The van der Waals surface area contributed by atoms with E-state index in [1.165, 1.54) is 12.8 Å². The van der Waals surface area contributed by atoms with Gasteiger partial charge in [-0.2, -0.15) is 0 Å². The van der Waals surface area contributed by atoms with Crippen LogP contribution in [0.1, 0.15) is 54.8 Å². The van der Waals surface area contributed by atoms with Crippen molar-refractivity contribution >= 4 is 11.8 Å². The fourth-order valence-corrected chi connectivity index (χ4v) is 4.02. The van der Waals surface area contributed by atoms with E-state index in [0.717, 1.165) is 60.7 Å². The first-order valence-corrected chi connectivity index (χ1v) is 9.66. The second kappa shape index (κ2) is 7.11. The van der Waals surface area contributed by atoms with Crippen molar-refractivity contribution in [3.05, 3.63) is 36.0 Å². The Morgan fingerprint density at radius 3 is 2.83 bits per heavy atom. The van der Waals surface area contributed by atoms with Crippen LogP contribution in [-0.2, 0) is 12.3 Å². The van der Waals surface area contributed by atoms with Crippen LogP contribution < -0.4 is 5.32 Å². The molecule has 0 atom stereocenters. The summed E-state index contributed by atoms with van der Waals surface area (Å²) in [5, 5.41) is 17.4. The van der Waals surface area contributed by atoms with Gasteiger partial charge in [0, 0.05) is 30.2 Å². The van der Waals surface area contributed by atoms with Crippen LogP contribution in [0.2, 0.25) is 0 Å². The van der Waals surface area contributed by atoms with Gasteiger partial charge in [0.1, 0.15) is 11.6 Å². The summed E-state index contributed by atoms with van der Waals surface area (Å²) < 4.78 is 7.63. The maximum Gasteiger partial charge on any atom is 0.191 e. The lowest BCUT2D eigenvalue weighted by Crippen LogP contribution is -2.28. The zero-order valence-electron chi connectivity index (χ0n) is 13.8. The summed E-state index contributed by atoms with van der Waals surface area (Å²) in [5.41, 5.74) is 0.985. The number of nitrogens with one attached hydrogen (secondary N) is 1. The van der Waals surface area contributed by atoms with Crippen LogP contribution in [0.4, 0.5) is 0 Å². The molecule has 1 aliphatic heterocycles. The van der Waals surface area contributed by atoms with E-state index in [0.29, 0.717) is 11.8 Å². The smallest absolute Gasteiger partial charge is 0.191 e. The number of aromatic nitrogens is 4. The van der Waals surface area contributed by atoms with Gasteiger partial charge in [0.25, 0.3) is 0 Å². The molecule has 2 aromatic heterocycles. The van der Waals surface area contributed by atoms with Crippen molar-refractivity contribution in [3.63, 3.8) is 0 Å². The van der Waals surface area contributed by atoms with E-state index in [4.69, 9.17) is 4.52 Å². The highest BCUT2D eigenvalue weighted by Gasteiger charge is 2.28. The van der Waals surface area contributed by atoms with Crippen molar-refractivity contribution in [3.8, 4) is 0 Å². The summed E-state index contributed by atoms with van der Waals surface area (Å²) in [6.45, 7) is 6.74. The lowest BCUT2D eigenvalue weighted by molar-refractivity contribution is 0.380. The summed E-state index contributed by atoms with van der Waals surface area (Å²) in [6, 6.07) is 2.09. The van der Waals surface area contributed by atoms with E-state index >= 15 is 0 Å². The van der Waals surface area contributed by atoms with Crippen LogP contribution in [0.15, 0.2) is 28.4 Å². The number of thioether (sulfide) groups is 1. The van der Waals surface area contributed by atoms with Crippen LogP contribution in [0.3, 0.4) is 0 Å². The highest BCUT2D eigenvalue weighted by atomic mass is 32.2. The molecule has 0 aromatic carbocycles. The Labute approximate surface area is 146 Å². The Morgan fingerprint density at radius 2 is 2.08 bits per heavy atom. The van der Waals surface area contributed by atoms with Crippen molar-refractivity contribution in [1.82, 2.24) is 25.2 Å². The number of hydrogen-bond acceptors (Lipinski definition) is 6. The van der Waals surface area contributed by atoms with Crippen molar-refractivity contribution in [2.24, 2.45) is 0 Å². The van der Waals surface area contributed by atoms with Gasteiger partial charge in [0.2, 0.25) is 0 Å². The average Bonchev–Trinajstić information content (AvgIpc) is 3.23. The molecule has 2 aromatic rings. The molecule has 0 radical (unpaired) electrons. The molecule has 0 bridgehead atoms. The third-order valence-corrected chi connectivity index (χ3v) is 5.67. The maximum atomic E-state index is 5.43. The SMILES string of the molecule is C=CCn1c(SCc2cc(C3CC3)on2)nnc1C1CCNCC1. The largest absolute Gasteiger partial charge is 0.361 e. The normalized spacial score (nSPS) is 18.8. The Bertz CT molecular complexity index is 700. The van der Waals surface area contributed by atoms with Crippen LogP contribution in [0.25, 0.3) is 0 Å². The second-order valence-electron chi connectivity index (χ2n) is 6.55. The highest BCUT2D eigenvalue weighted by Crippen LogP contribution is 2.40. The fourth-order valence-electron chi connectivity index (χ4n) is 3.18. The lowest BCUT2D eigenvalue weighted by Gasteiger charge is -2.22. The molecule has 24 heavy (non-hydrogen) atoms. The predicted octanol–water partition coefficient (Wildman–Crippen LogP) is 3.09.